The molecule has 0 spiro atoms. The minimum atomic E-state index is -0.138. The number of phenolic OH excluding ortho intramolecular Hbond substituents is 1. The zero-order valence-corrected chi connectivity index (χ0v) is 18.8. The Morgan fingerprint density at radius 3 is 2.75 bits per heavy atom. The van der Waals surface area contributed by atoms with Crippen LogP contribution in [0.4, 0.5) is 0 Å². The highest BCUT2D eigenvalue weighted by molar-refractivity contribution is 5.82. The Morgan fingerprint density at radius 1 is 1.06 bits per heavy atom. The molecule has 2 unspecified atom stereocenters. The van der Waals surface area contributed by atoms with Crippen molar-refractivity contribution in [1.29, 1.82) is 0 Å². The monoisotopic (exact) mass is 437 g/mol. The molecule has 0 amide bonds. The Labute approximate surface area is 189 Å². The van der Waals surface area contributed by atoms with Gasteiger partial charge in [0.15, 0.2) is 11.5 Å². The van der Waals surface area contributed by atoms with Gasteiger partial charge in [-0.2, -0.15) is 0 Å². The largest absolute Gasteiger partial charge is 0.507 e. The highest BCUT2D eigenvalue weighted by atomic mass is 16.5. The van der Waals surface area contributed by atoms with Gasteiger partial charge in [-0.3, -0.25) is 9.69 Å². The molecule has 4 bridgehead atoms. The molecule has 2 saturated heterocycles. The van der Waals surface area contributed by atoms with Crippen molar-refractivity contribution in [3.8, 4) is 28.4 Å². The Bertz CT molecular complexity index is 1020. The first kappa shape index (κ1) is 21.1. The fourth-order valence-electron chi connectivity index (χ4n) is 5.80. The zero-order valence-electron chi connectivity index (χ0n) is 18.8. The van der Waals surface area contributed by atoms with Crippen molar-refractivity contribution in [2.75, 3.05) is 20.8 Å². The maximum Gasteiger partial charge on any atom is 0.306 e. The average Bonchev–Trinajstić information content (AvgIpc) is 2.81. The molecule has 5 rings (SSSR count). The summed E-state index contributed by atoms with van der Waals surface area (Å²) in [6.07, 6.45) is 5.93. The molecule has 3 aliphatic rings. The van der Waals surface area contributed by atoms with Gasteiger partial charge in [0, 0.05) is 42.5 Å². The molecule has 3 aliphatic heterocycles. The van der Waals surface area contributed by atoms with E-state index in [4.69, 9.17) is 14.2 Å². The number of fused-ring (bicyclic) bond motifs is 9. The minimum absolute atomic E-state index is 0.0733. The third kappa shape index (κ3) is 3.71. The first-order valence-electron chi connectivity index (χ1n) is 11.6. The number of hydrogen-bond acceptors (Lipinski definition) is 6. The number of methoxy groups -OCH3 is 2. The maximum absolute atomic E-state index is 12.6. The van der Waals surface area contributed by atoms with Gasteiger partial charge in [0.05, 0.1) is 14.2 Å². The number of hydrogen-bond donors (Lipinski definition) is 1. The van der Waals surface area contributed by atoms with Crippen LogP contribution in [0.2, 0.25) is 0 Å². The van der Waals surface area contributed by atoms with E-state index in [0.29, 0.717) is 30.4 Å². The zero-order chi connectivity index (χ0) is 22.2. The van der Waals surface area contributed by atoms with Crippen LogP contribution in [0.25, 0.3) is 11.1 Å². The van der Waals surface area contributed by atoms with Crippen LogP contribution < -0.4 is 9.47 Å². The van der Waals surface area contributed by atoms with Crippen molar-refractivity contribution in [3.63, 3.8) is 0 Å². The topological polar surface area (TPSA) is 68.2 Å². The maximum atomic E-state index is 12.6. The van der Waals surface area contributed by atoms with Crippen LogP contribution in [0.5, 0.6) is 17.2 Å². The quantitative estimate of drug-likeness (QED) is 0.692. The molecule has 0 aromatic heterocycles. The van der Waals surface area contributed by atoms with E-state index in [1.54, 1.807) is 20.3 Å². The third-order valence-electron chi connectivity index (χ3n) is 7.28. The van der Waals surface area contributed by atoms with Gasteiger partial charge in [0.2, 0.25) is 0 Å². The number of aryl methyl sites for hydroxylation is 1. The molecule has 0 saturated carbocycles. The van der Waals surface area contributed by atoms with Gasteiger partial charge in [-0.1, -0.05) is 18.6 Å². The molecule has 1 N–H and O–H groups in total. The minimum Gasteiger partial charge on any atom is -0.507 e. The molecule has 6 heteroatoms. The van der Waals surface area contributed by atoms with Gasteiger partial charge < -0.3 is 19.3 Å². The number of ether oxygens (including phenoxy) is 3. The fraction of sp³-hybridized carbons (Fsp3) is 0.500. The van der Waals surface area contributed by atoms with Gasteiger partial charge >= 0.3 is 5.97 Å². The van der Waals surface area contributed by atoms with Crippen LogP contribution in [-0.4, -0.2) is 48.9 Å². The summed E-state index contributed by atoms with van der Waals surface area (Å²) in [6.45, 7) is 1.02. The Balaban J connectivity index is 1.75. The van der Waals surface area contributed by atoms with Gasteiger partial charge in [0.25, 0.3) is 0 Å². The number of aromatic hydroxyl groups is 1. The number of carbonyl (C=O) groups excluding carboxylic acids is 1. The predicted molar refractivity (Wildman–Crippen MR) is 121 cm³/mol. The second-order valence-corrected chi connectivity index (χ2v) is 9.10. The second kappa shape index (κ2) is 8.66. The molecule has 2 aromatic carbocycles. The number of nitrogens with zero attached hydrogens (tertiary/aromatic N) is 1. The van der Waals surface area contributed by atoms with Gasteiger partial charge in [-0.25, -0.2) is 0 Å². The van der Waals surface area contributed by atoms with Crippen LogP contribution >= 0.6 is 0 Å². The molecule has 32 heavy (non-hydrogen) atoms. The molecule has 170 valence electrons. The molecule has 2 aromatic rings. The Morgan fingerprint density at radius 2 is 1.94 bits per heavy atom. The summed E-state index contributed by atoms with van der Waals surface area (Å²) in [5.41, 5.74) is 3.65. The van der Waals surface area contributed by atoms with E-state index in [1.165, 1.54) is 12.8 Å². The molecular weight excluding hydrogens is 406 g/mol. The molecule has 6 nitrogen and oxygen atoms in total. The number of carbonyl (C=O) groups is 1. The number of piperidine rings is 2. The van der Waals surface area contributed by atoms with Crippen LogP contribution in [0.3, 0.4) is 0 Å². The van der Waals surface area contributed by atoms with Crippen LogP contribution in [0, 0.1) is 0 Å². The van der Waals surface area contributed by atoms with E-state index in [2.05, 4.69) is 11.0 Å². The van der Waals surface area contributed by atoms with Crippen molar-refractivity contribution < 1.29 is 24.1 Å². The van der Waals surface area contributed by atoms with Crippen LogP contribution in [0.15, 0.2) is 30.3 Å². The average molecular weight is 438 g/mol. The Hall–Kier alpha value is -2.73. The summed E-state index contributed by atoms with van der Waals surface area (Å²) in [5, 5.41) is 10.9. The van der Waals surface area contributed by atoms with Crippen molar-refractivity contribution in [2.24, 2.45) is 0 Å². The lowest BCUT2D eigenvalue weighted by Crippen LogP contribution is -2.49. The van der Waals surface area contributed by atoms with E-state index in [0.717, 1.165) is 48.1 Å². The Kier molecular flexibility index (Phi) is 5.72. The number of esters is 1. The standard InChI is InChI=1S/C26H31NO5/c1-30-23-10-8-19-21-15-18(14-17-5-3-4-12-27(17)21)32-24(29)11-7-16-6-9-22(28)20(13-16)25(19)26(23)31-2/h6,8-10,13,17-18,21,28H,3-5,7,11-12,14-15H2,1-2H3/t17?,18-,21?/m0/s1. The van der Waals surface area contributed by atoms with Crippen LogP contribution in [0.1, 0.15) is 55.7 Å². The van der Waals surface area contributed by atoms with Crippen LogP contribution in [-0.2, 0) is 16.0 Å². The van der Waals surface area contributed by atoms with Crippen molar-refractivity contribution >= 4 is 5.97 Å². The molecular formula is C26H31NO5. The number of phenols is 1. The second-order valence-electron chi connectivity index (χ2n) is 9.10. The van der Waals surface area contributed by atoms with Crippen molar-refractivity contribution in [3.05, 3.63) is 41.5 Å². The lowest BCUT2D eigenvalue weighted by Gasteiger charge is -2.48. The number of benzene rings is 2. The highest BCUT2D eigenvalue weighted by Crippen LogP contribution is 2.50. The summed E-state index contributed by atoms with van der Waals surface area (Å²) in [4.78, 5) is 15.2. The summed E-state index contributed by atoms with van der Waals surface area (Å²) >= 11 is 0. The van der Waals surface area contributed by atoms with Gasteiger partial charge in [0.1, 0.15) is 11.9 Å². The van der Waals surface area contributed by atoms with Crippen molar-refractivity contribution in [2.45, 2.75) is 63.1 Å². The van der Waals surface area contributed by atoms with E-state index in [9.17, 15) is 9.90 Å². The summed E-state index contributed by atoms with van der Waals surface area (Å²) < 4.78 is 17.5. The first-order valence-corrected chi connectivity index (χ1v) is 11.6. The summed E-state index contributed by atoms with van der Waals surface area (Å²) in [7, 11) is 3.27. The predicted octanol–water partition coefficient (Wildman–Crippen LogP) is 4.62. The SMILES string of the molecule is COc1ccc2c(c1OC)-c1cc(ccc1O)CCC(=O)O[C@H]1CC3CCCCN3C2C1. The van der Waals surface area contributed by atoms with E-state index in [-0.39, 0.29) is 23.9 Å². The number of rotatable bonds is 2. The lowest BCUT2D eigenvalue weighted by atomic mass is 9.81. The van der Waals surface area contributed by atoms with Gasteiger partial charge in [-0.05, 0) is 55.1 Å². The van der Waals surface area contributed by atoms with Crippen molar-refractivity contribution in [1.82, 2.24) is 4.90 Å². The van der Waals surface area contributed by atoms with E-state index < -0.39 is 0 Å². The van der Waals surface area contributed by atoms with E-state index >= 15 is 0 Å². The fourth-order valence-corrected chi connectivity index (χ4v) is 5.80. The third-order valence-corrected chi connectivity index (χ3v) is 7.28. The first-order chi connectivity index (χ1) is 15.6. The summed E-state index contributed by atoms with van der Waals surface area (Å²) in [5.74, 6) is 1.32. The molecule has 0 radical (unpaired) electrons. The van der Waals surface area contributed by atoms with E-state index in [1.807, 2.05) is 18.2 Å². The normalized spacial score (nSPS) is 25.4. The molecule has 3 heterocycles. The molecule has 0 aliphatic carbocycles. The van der Waals surface area contributed by atoms with Gasteiger partial charge in [-0.15, -0.1) is 0 Å². The lowest BCUT2D eigenvalue weighted by molar-refractivity contribution is -0.154. The molecule has 2 fully saturated rings. The smallest absolute Gasteiger partial charge is 0.306 e. The molecule has 3 atom stereocenters. The summed E-state index contributed by atoms with van der Waals surface area (Å²) in [6, 6.07) is 10.0. The highest BCUT2D eigenvalue weighted by Gasteiger charge is 2.41.